The predicted octanol–water partition coefficient (Wildman–Crippen LogP) is 12.0. The van der Waals surface area contributed by atoms with E-state index in [4.69, 9.17) is 11.3 Å². The second kappa shape index (κ2) is 9.05. The van der Waals surface area contributed by atoms with Crippen molar-refractivity contribution >= 4 is 48.8 Å². The SMILES string of the molecule is [C-]#[N+]c1cc2c3c(cccc3c1)-c1ccc(-c3cc4c5ccccc5c(-c5ccccc5)cc4c4ccccc34)cc1O2. The van der Waals surface area contributed by atoms with Crippen LogP contribution in [0.25, 0.3) is 81.3 Å². The van der Waals surface area contributed by atoms with Crippen LogP contribution in [0.2, 0.25) is 0 Å². The predicted molar refractivity (Wildman–Crippen MR) is 179 cm³/mol. The normalized spacial score (nSPS) is 11.9. The maximum atomic E-state index is 7.59. The van der Waals surface area contributed by atoms with Crippen molar-refractivity contribution in [1.82, 2.24) is 0 Å². The van der Waals surface area contributed by atoms with E-state index in [0.717, 1.165) is 39.0 Å². The molecule has 1 aliphatic heterocycles. The highest BCUT2D eigenvalue weighted by Crippen LogP contribution is 2.50. The molecule has 0 spiro atoms. The Morgan fingerprint density at radius 2 is 1.07 bits per heavy atom. The lowest BCUT2D eigenvalue weighted by atomic mass is 9.87. The first-order valence-corrected chi connectivity index (χ1v) is 14.5. The summed E-state index contributed by atoms with van der Waals surface area (Å²) in [6.45, 7) is 7.59. The van der Waals surface area contributed by atoms with Crippen molar-refractivity contribution in [2.75, 3.05) is 0 Å². The van der Waals surface area contributed by atoms with E-state index in [9.17, 15) is 0 Å². The molecule has 0 aliphatic carbocycles. The Morgan fingerprint density at radius 1 is 0.419 bits per heavy atom. The molecule has 8 aromatic carbocycles. The largest absolute Gasteiger partial charge is 0.457 e. The van der Waals surface area contributed by atoms with Crippen LogP contribution in [0.3, 0.4) is 0 Å². The minimum atomic E-state index is 0.585. The first kappa shape index (κ1) is 23.8. The standard InChI is InChI=1S/C41H23NO/c1-42-28-20-27-12-9-17-34-33-19-18-26(21-39(33)43-40(22-28)41(27)34)36-24-38-31-15-7-5-13-29(31)35(25-10-3-2-4-11-25)23-37(38)32-16-8-6-14-30(32)36/h2-24H. The van der Waals surface area contributed by atoms with Gasteiger partial charge in [-0.15, -0.1) is 0 Å². The van der Waals surface area contributed by atoms with Crippen molar-refractivity contribution in [3.8, 4) is 44.9 Å². The molecule has 0 unspecified atom stereocenters. The van der Waals surface area contributed by atoms with E-state index in [1.807, 2.05) is 12.1 Å². The van der Waals surface area contributed by atoms with Crippen LogP contribution in [-0.2, 0) is 0 Å². The third-order valence-corrected chi connectivity index (χ3v) is 8.82. The van der Waals surface area contributed by atoms with Gasteiger partial charge in [-0.2, -0.15) is 0 Å². The quantitative estimate of drug-likeness (QED) is 0.156. The van der Waals surface area contributed by atoms with Crippen LogP contribution in [0.5, 0.6) is 11.5 Å². The molecule has 9 rings (SSSR count). The Labute approximate surface area is 248 Å². The minimum absolute atomic E-state index is 0.585. The molecule has 2 heteroatoms. The van der Waals surface area contributed by atoms with E-state index in [-0.39, 0.29) is 0 Å². The van der Waals surface area contributed by atoms with Crippen molar-refractivity contribution in [3.63, 3.8) is 0 Å². The Balaban J connectivity index is 1.31. The molecule has 0 saturated carbocycles. The summed E-state index contributed by atoms with van der Waals surface area (Å²) in [6, 6.07) is 49.4. The minimum Gasteiger partial charge on any atom is -0.457 e. The molecule has 1 aliphatic rings. The van der Waals surface area contributed by atoms with Crippen LogP contribution in [0.1, 0.15) is 0 Å². The maximum Gasteiger partial charge on any atom is 0.191 e. The lowest BCUT2D eigenvalue weighted by molar-refractivity contribution is 0.487. The van der Waals surface area contributed by atoms with Crippen LogP contribution < -0.4 is 4.74 Å². The number of fused-ring (bicyclic) bond motifs is 7. The van der Waals surface area contributed by atoms with E-state index in [1.165, 1.54) is 49.0 Å². The van der Waals surface area contributed by atoms with Crippen molar-refractivity contribution in [3.05, 3.63) is 151 Å². The zero-order valence-electron chi connectivity index (χ0n) is 23.1. The summed E-state index contributed by atoms with van der Waals surface area (Å²) in [6.07, 6.45) is 0. The van der Waals surface area contributed by atoms with Gasteiger partial charge in [0.2, 0.25) is 0 Å². The topological polar surface area (TPSA) is 13.6 Å². The highest BCUT2D eigenvalue weighted by atomic mass is 16.5. The molecule has 43 heavy (non-hydrogen) atoms. The van der Waals surface area contributed by atoms with Crippen molar-refractivity contribution in [2.45, 2.75) is 0 Å². The van der Waals surface area contributed by atoms with Gasteiger partial charge in [-0.1, -0.05) is 103 Å². The molecule has 1 heterocycles. The van der Waals surface area contributed by atoms with Crippen LogP contribution >= 0.6 is 0 Å². The molecule has 0 amide bonds. The Kier molecular flexibility index (Phi) is 5.00. The molecule has 0 N–H and O–H groups in total. The Hall–Kier alpha value is -5.91. The van der Waals surface area contributed by atoms with E-state index < -0.39 is 0 Å². The van der Waals surface area contributed by atoms with E-state index in [2.05, 4.69) is 132 Å². The molecule has 8 aromatic rings. The fourth-order valence-corrected chi connectivity index (χ4v) is 6.90. The van der Waals surface area contributed by atoms with Gasteiger partial charge in [0.05, 0.1) is 6.57 Å². The molecular weight excluding hydrogens is 522 g/mol. The molecule has 198 valence electrons. The van der Waals surface area contributed by atoms with Gasteiger partial charge < -0.3 is 4.74 Å². The van der Waals surface area contributed by atoms with Gasteiger partial charge in [-0.25, -0.2) is 4.85 Å². The monoisotopic (exact) mass is 545 g/mol. The number of benzene rings is 8. The smallest absolute Gasteiger partial charge is 0.191 e. The highest BCUT2D eigenvalue weighted by molar-refractivity contribution is 6.24. The van der Waals surface area contributed by atoms with E-state index in [0.29, 0.717) is 5.69 Å². The number of ether oxygens (including phenoxy) is 1. The van der Waals surface area contributed by atoms with Gasteiger partial charge in [0.1, 0.15) is 11.5 Å². The van der Waals surface area contributed by atoms with Gasteiger partial charge in [-0.3, -0.25) is 0 Å². The van der Waals surface area contributed by atoms with Crippen LogP contribution in [0.4, 0.5) is 5.69 Å². The Morgan fingerprint density at radius 3 is 1.77 bits per heavy atom. The zero-order chi connectivity index (χ0) is 28.5. The second-order valence-electron chi connectivity index (χ2n) is 11.2. The summed E-state index contributed by atoms with van der Waals surface area (Å²) < 4.78 is 6.55. The molecule has 0 atom stereocenters. The first-order chi connectivity index (χ1) is 21.3. The summed E-state index contributed by atoms with van der Waals surface area (Å²) >= 11 is 0. The number of hydrogen-bond acceptors (Lipinski definition) is 1. The molecule has 0 radical (unpaired) electrons. The van der Waals surface area contributed by atoms with Crippen molar-refractivity contribution in [2.24, 2.45) is 0 Å². The average molecular weight is 546 g/mol. The molecular formula is C41H23NO. The number of nitrogens with zero attached hydrogens (tertiary/aromatic N) is 1. The molecule has 0 aromatic heterocycles. The summed E-state index contributed by atoms with van der Waals surface area (Å²) in [5, 5.41) is 9.50. The third-order valence-electron chi connectivity index (χ3n) is 8.82. The van der Waals surface area contributed by atoms with Gasteiger partial charge in [0.15, 0.2) is 5.69 Å². The van der Waals surface area contributed by atoms with Crippen LogP contribution in [-0.4, -0.2) is 0 Å². The second-order valence-corrected chi connectivity index (χ2v) is 11.2. The lowest BCUT2D eigenvalue weighted by Crippen LogP contribution is -1.97. The number of rotatable bonds is 2. The zero-order valence-corrected chi connectivity index (χ0v) is 23.1. The Bertz CT molecular complexity index is 2480. The molecule has 0 bridgehead atoms. The fraction of sp³-hybridized carbons (Fsp3) is 0. The summed E-state index contributed by atoms with van der Waals surface area (Å²) in [7, 11) is 0. The van der Waals surface area contributed by atoms with Crippen LogP contribution in [0.15, 0.2) is 140 Å². The molecule has 2 nitrogen and oxygen atoms in total. The summed E-state index contributed by atoms with van der Waals surface area (Å²) in [5.41, 5.74) is 7.53. The molecule has 0 saturated heterocycles. The van der Waals surface area contributed by atoms with Gasteiger partial charge >= 0.3 is 0 Å². The summed E-state index contributed by atoms with van der Waals surface area (Å²) in [4.78, 5) is 3.69. The molecule has 0 fully saturated rings. The van der Waals surface area contributed by atoms with Gasteiger partial charge in [0, 0.05) is 10.9 Å². The fourth-order valence-electron chi connectivity index (χ4n) is 6.90. The van der Waals surface area contributed by atoms with Crippen molar-refractivity contribution < 1.29 is 4.74 Å². The van der Waals surface area contributed by atoms with Gasteiger partial charge in [-0.05, 0) is 102 Å². The van der Waals surface area contributed by atoms with Gasteiger partial charge in [0.25, 0.3) is 0 Å². The summed E-state index contributed by atoms with van der Waals surface area (Å²) in [5.74, 6) is 1.56. The van der Waals surface area contributed by atoms with E-state index in [1.54, 1.807) is 0 Å². The maximum absolute atomic E-state index is 7.59. The number of hydrogen-bond donors (Lipinski definition) is 0. The van der Waals surface area contributed by atoms with Crippen LogP contribution in [0, 0.1) is 6.57 Å². The lowest BCUT2D eigenvalue weighted by Gasteiger charge is -2.23. The average Bonchev–Trinajstić information content (AvgIpc) is 3.07. The van der Waals surface area contributed by atoms with Crippen molar-refractivity contribution in [1.29, 1.82) is 0 Å². The highest BCUT2D eigenvalue weighted by Gasteiger charge is 2.22. The first-order valence-electron chi connectivity index (χ1n) is 14.5. The third kappa shape index (κ3) is 3.52. The van der Waals surface area contributed by atoms with E-state index >= 15 is 0 Å².